The number of benzene rings is 2. The van der Waals surface area contributed by atoms with Gasteiger partial charge in [0.15, 0.2) is 5.16 Å². The Morgan fingerprint density at radius 3 is 2.85 bits per heavy atom. The van der Waals surface area contributed by atoms with E-state index in [2.05, 4.69) is 26.6 Å². The van der Waals surface area contributed by atoms with Gasteiger partial charge < -0.3 is 4.90 Å². The van der Waals surface area contributed by atoms with Crippen LogP contribution in [0.1, 0.15) is 10.6 Å². The second-order valence-electron chi connectivity index (χ2n) is 8.18. The Morgan fingerprint density at radius 2 is 2.03 bits per heavy atom. The molecule has 0 aliphatic carbocycles. The highest BCUT2D eigenvalue weighted by Crippen LogP contribution is 2.33. The van der Waals surface area contributed by atoms with E-state index in [4.69, 9.17) is 0 Å². The number of thiazole rings is 1. The van der Waals surface area contributed by atoms with Crippen molar-refractivity contribution in [1.29, 1.82) is 0 Å². The van der Waals surface area contributed by atoms with Gasteiger partial charge >= 0.3 is 0 Å². The first kappa shape index (κ1) is 21.1. The summed E-state index contributed by atoms with van der Waals surface area (Å²) in [5.74, 6) is 0.701. The minimum Gasteiger partial charge on any atom is -0.311 e. The molecule has 0 unspecified atom stereocenters. The number of hydrogen-bond acceptors (Lipinski definition) is 7. The molecule has 0 bridgehead atoms. The summed E-state index contributed by atoms with van der Waals surface area (Å²) in [5, 5.41) is 12.8. The molecule has 6 rings (SSSR count). The minimum atomic E-state index is -0.121. The molecule has 0 N–H and O–H groups in total. The summed E-state index contributed by atoms with van der Waals surface area (Å²) in [6.45, 7) is 2.66. The van der Waals surface area contributed by atoms with Crippen LogP contribution >= 0.6 is 23.1 Å². The molecular weight excluding hydrogens is 468 g/mol. The molecule has 4 heterocycles. The highest BCUT2D eigenvalue weighted by Gasteiger charge is 2.26. The maximum Gasteiger partial charge on any atom is 0.262 e. The SMILES string of the molecule is Cc1nc(-c2ccc3c(c2)CCN3C(=O)CSc2nnc3n(C)c(=O)c4ccccc4n23)cs1. The van der Waals surface area contributed by atoms with Crippen molar-refractivity contribution >= 4 is 51.4 Å². The zero-order valence-electron chi connectivity index (χ0n) is 18.6. The Balaban J connectivity index is 1.26. The number of aromatic nitrogens is 5. The van der Waals surface area contributed by atoms with E-state index in [0.29, 0.717) is 22.9 Å². The van der Waals surface area contributed by atoms with Crippen LogP contribution in [0.3, 0.4) is 0 Å². The predicted molar refractivity (Wildman–Crippen MR) is 135 cm³/mol. The van der Waals surface area contributed by atoms with E-state index in [-0.39, 0.29) is 17.2 Å². The average Bonchev–Trinajstić information content (AvgIpc) is 3.58. The lowest BCUT2D eigenvalue weighted by Crippen LogP contribution is -2.30. The van der Waals surface area contributed by atoms with Gasteiger partial charge in [-0.05, 0) is 43.2 Å². The monoisotopic (exact) mass is 488 g/mol. The van der Waals surface area contributed by atoms with Gasteiger partial charge in [-0.25, -0.2) is 4.98 Å². The van der Waals surface area contributed by atoms with Crippen LogP contribution in [0.25, 0.3) is 27.9 Å². The Kier molecular flexibility index (Phi) is 5.00. The number of carbonyl (C=O) groups excluding carboxylic acids is 1. The minimum absolute atomic E-state index is 0.0203. The number of rotatable bonds is 4. The van der Waals surface area contributed by atoms with Crippen molar-refractivity contribution < 1.29 is 4.79 Å². The van der Waals surface area contributed by atoms with Crippen molar-refractivity contribution in [3.63, 3.8) is 0 Å². The summed E-state index contributed by atoms with van der Waals surface area (Å²) >= 11 is 2.97. The molecule has 3 aromatic heterocycles. The second-order valence-corrected chi connectivity index (χ2v) is 10.2. The van der Waals surface area contributed by atoms with Gasteiger partial charge in [0.25, 0.3) is 5.56 Å². The van der Waals surface area contributed by atoms with Crippen molar-refractivity contribution in [2.24, 2.45) is 7.05 Å². The molecule has 0 radical (unpaired) electrons. The molecule has 1 amide bonds. The van der Waals surface area contributed by atoms with E-state index in [1.807, 2.05) is 46.6 Å². The second kappa shape index (κ2) is 8.07. The third-order valence-electron chi connectivity index (χ3n) is 6.11. The maximum atomic E-state index is 13.2. The summed E-state index contributed by atoms with van der Waals surface area (Å²) in [7, 11) is 1.68. The molecule has 0 fully saturated rings. The van der Waals surface area contributed by atoms with Crippen LogP contribution < -0.4 is 10.5 Å². The molecule has 0 saturated heterocycles. The van der Waals surface area contributed by atoms with Crippen LogP contribution in [0.5, 0.6) is 0 Å². The van der Waals surface area contributed by atoms with E-state index in [1.165, 1.54) is 16.3 Å². The number of amides is 1. The van der Waals surface area contributed by atoms with Gasteiger partial charge in [-0.3, -0.25) is 18.6 Å². The van der Waals surface area contributed by atoms with Crippen LogP contribution in [0.15, 0.2) is 57.8 Å². The van der Waals surface area contributed by atoms with Crippen molar-refractivity contribution in [3.8, 4) is 11.3 Å². The number of aryl methyl sites for hydroxylation is 2. The standard InChI is InChI=1S/C24H20N6O2S2/c1-14-25-18(12-33-14)15-7-8-19-16(11-15)9-10-29(19)21(31)13-34-24-27-26-23-28(2)22(32)17-5-3-4-6-20(17)30(23)24/h3-8,11-12H,9-10,13H2,1-2H3. The quantitative estimate of drug-likeness (QED) is 0.359. The largest absolute Gasteiger partial charge is 0.311 e. The fourth-order valence-electron chi connectivity index (χ4n) is 4.43. The molecule has 170 valence electrons. The molecule has 1 aliphatic rings. The fraction of sp³-hybridized carbons (Fsp3) is 0.208. The molecule has 10 heteroatoms. The molecule has 1 aliphatic heterocycles. The summed E-state index contributed by atoms with van der Waals surface area (Å²) in [6, 6.07) is 13.6. The lowest BCUT2D eigenvalue weighted by molar-refractivity contribution is -0.116. The number of nitrogens with zero attached hydrogens (tertiary/aromatic N) is 6. The summed E-state index contributed by atoms with van der Waals surface area (Å²) in [5.41, 5.74) is 4.79. The third kappa shape index (κ3) is 3.33. The van der Waals surface area contributed by atoms with E-state index in [0.717, 1.165) is 39.5 Å². The smallest absolute Gasteiger partial charge is 0.262 e. The van der Waals surface area contributed by atoms with Gasteiger partial charge in [0.2, 0.25) is 11.7 Å². The highest BCUT2D eigenvalue weighted by molar-refractivity contribution is 7.99. The average molecular weight is 489 g/mol. The summed E-state index contributed by atoms with van der Waals surface area (Å²) in [6.07, 6.45) is 0.823. The fourth-order valence-corrected chi connectivity index (χ4v) is 5.86. The summed E-state index contributed by atoms with van der Waals surface area (Å²) in [4.78, 5) is 32.2. The molecule has 2 aromatic carbocycles. The zero-order valence-corrected chi connectivity index (χ0v) is 20.2. The predicted octanol–water partition coefficient (Wildman–Crippen LogP) is 3.69. The van der Waals surface area contributed by atoms with Crippen molar-refractivity contribution in [2.45, 2.75) is 18.5 Å². The van der Waals surface area contributed by atoms with Gasteiger partial charge in [-0.15, -0.1) is 21.5 Å². The topological polar surface area (TPSA) is 85.4 Å². The third-order valence-corrected chi connectivity index (χ3v) is 7.80. The van der Waals surface area contributed by atoms with Gasteiger partial charge in [0.1, 0.15) is 0 Å². The molecule has 8 nitrogen and oxygen atoms in total. The normalized spacial score (nSPS) is 13.2. The van der Waals surface area contributed by atoms with Gasteiger partial charge in [-0.2, -0.15) is 0 Å². The molecule has 5 aromatic rings. The Bertz CT molecular complexity index is 1650. The lowest BCUT2D eigenvalue weighted by atomic mass is 10.1. The van der Waals surface area contributed by atoms with E-state index < -0.39 is 0 Å². The van der Waals surface area contributed by atoms with Crippen LogP contribution in [-0.2, 0) is 18.3 Å². The Hall–Kier alpha value is -3.50. The maximum absolute atomic E-state index is 13.2. The number of hydrogen-bond donors (Lipinski definition) is 0. The van der Waals surface area contributed by atoms with Crippen molar-refractivity contribution in [1.82, 2.24) is 24.1 Å². The van der Waals surface area contributed by atoms with Crippen LogP contribution in [0, 0.1) is 6.92 Å². The van der Waals surface area contributed by atoms with E-state index in [9.17, 15) is 9.59 Å². The molecule has 0 saturated carbocycles. The lowest BCUT2D eigenvalue weighted by Gasteiger charge is -2.17. The first-order chi connectivity index (χ1) is 16.5. The Labute approximate surface area is 202 Å². The number of para-hydroxylation sites is 1. The first-order valence-corrected chi connectivity index (χ1v) is 12.7. The molecule has 0 spiro atoms. The zero-order chi connectivity index (χ0) is 23.4. The Morgan fingerprint density at radius 1 is 1.18 bits per heavy atom. The first-order valence-electron chi connectivity index (χ1n) is 10.8. The highest BCUT2D eigenvalue weighted by atomic mass is 32.2. The molecule has 0 atom stereocenters. The van der Waals surface area contributed by atoms with Crippen molar-refractivity contribution in [2.75, 3.05) is 17.2 Å². The number of carbonyl (C=O) groups is 1. The van der Waals surface area contributed by atoms with Crippen LogP contribution in [0.4, 0.5) is 5.69 Å². The van der Waals surface area contributed by atoms with Gasteiger partial charge in [0, 0.05) is 30.2 Å². The van der Waals surface area contributed by atoms with Gasteiger partial charge in [-0.1, -0.05) is 30.0 Å². The van der Waals surface area contributed by atoms with E-state index in [1.54, 1.807) is 24.5 Å². The summed E-state index contributed by atoms with van der Waals surface area (Å²) < 4.78 is 3.33. The number of anilines is 1. The van der Waals surface area contributed by atoms with Crippen LogP contribution in [-0.4, -0.2) is 42.4 Å². The number of fused-ring (bicyclic) bond motifs is 4. The van der Waals surface area contributed by atoms with Crippen molar-refractivity contribution in [3.05, 3.63) is 68.8 Å². The van der Waals surface area contributed by atoms with Crippen LogP contribution in [0.2, 0.25) is 0 Å². The molecular formula is C24H20N6O2S2. The molecule has 34 heavy (non-hydrogen) atoms. The van der Waals surface area contributed by atoms with E-state index >= 15 is 0 Å². The number of thioether (sulfide) groups is 1. The van der Waals surface area contributed by atoms with Gasteiger partial charge in [0.05, 0.1) is 27.4 Å².